The molecule has 2 atom stereocenters. The number of carbonyl (C=O) groups is 1. The number of nitrogens with one attached hydrogen (secondary N) is 2. The zero-order valence-corrected chi connectivity index (χ0v) is 15.8. The summed E-state index contributed by atoms with van der Waals surface area (Å²) in [6.07, 6.45) is 3.64. The van der Waals surface area contributed by atoms with Crippen LogP contribution >= 0.6 is 11.3 Å². The molecule has 2 fully saturated rings. The van der Waals surface area contributed by atoms with Crippen LogP contribution in [0, 0.1) is 30.1 Å². The second-order valence-corrected chi connectivity index (χ2v) is 8.47. The number of guanidine groups is 1. The number of carbonyl (C=O) groups excluding carboxylic acids is 1. The lowest BCUT2D eigenvalue weighted by molar-refractivity contribution is -0.136. The van der Waals surface area contributed by atoms with Gasteiger partial charge in [-0.05, 0) is 50.8 Å². The third-order valence-corrected chi connectivity index (χ3v) is 6.81. The molecular weight excluding hydrogens is 351 g/mol. The fourth-order valence-electron chi connectivity index (χ4n) is 3.76. The number of aryl methyl sites for hydroxylation is 1. The number of pyridine rings is 1. The van der Waals surface area contributed by atoms with E-state index in [1.54, 1.807) is 31.4 Å². The minimum atomic E-state index is -0.604. The van der Waals surface area contributed by atoms with Crippen molar-refractivity contribution in [2.75, 3.05) is 7.05 Å². The molecule has 0 radical (unpaired) electrons. The number of aromatic nitrogens is 1. The summed E-state index contributed by atoms with van der Waals surface area (Å²) in [6.45, 7) is 3.71. The average molecular weight is 372 g/mol. The Morgan fingerprint density at radius 1 is 1.42 bits per heavy atom. The Kier molecular flexibility index (Phi) is 3.87. The van der Waals surface area contributed by atoms with Crippen molar-refractivity contribution in [3.63, 3.8) is 0 Å². The van der Waals surface area contributed by atoms with Gasteiger partial charge in [0.15, 0.2) is 5.96 Å². The van der Waals surface area contributed by atoms with Crippen molar-refractivity contribution in [1.29, 1.82) is 5.41 Å². The summed E-state index contributed by atoms with van der Waals surface area (Å²) in [5.74, 6) is -0.143. The number of halogens is 1. The zero-order chi connectivity index (χ0) is 18.6. The SMILES string of the molecule is Cc1cc(-c2ccc([C@@]3(C)NC(=N)N(C)C(=O)[C@H]3C3CC3)s2)cnc1F. The Morgan fingerprint density at radius 3 is 2.81 bits per heavy atom. The summed E-state index contributed by atoms with van der Waals surface area (Å²) in [5, 5.41) is 11.4. The van der Waals surface area contributed by atoms with Crippen molar-refractivity contribution in [3.8, 4) is 10.4 Å². The van der Waals surface area contributed by atoms with Gasteiger partial charge in [-0.3, -0.25) is 15.1 Å². The summed E-state index contributed by atoms with van der Waals surface area (Å²) in [6, 6.07) is 5.78. The first-order valence-electron chi connectivity index (χ1n) is 8.68. The van der Waals surface area contributed by atoms with Crippen molar-refractivity contribution in [3.05, 3.63) is 40.8 Å². The predicted molar refractivity (Wildman–Crippen MR) is 99.4 cm³/mol. The van der Waals surface area contributed by atoms with Gasteiger partial charge in [-0.2, -0.15) is 4.39 Å². The Bertz CT molecular complexity index is 907. The van der Waals surface area contributed by atoms with Gasteiger partial charge in [-0.15, -0.1) is 11.3 Å². The lowest BCUT2D eigenvalue weighted by atomic mass is 9.78. The third-order valence-electron chi connectivity index (χ3n) is 5.44. The molecule has 1 saturated heterocycles. The zero-order valence-electron chi connectivity index (χ0n) is 15.0. The van der Waals surface area contributed by atoms with E-state index < -0.39 is 11.5 Å². The van der Waals surface area contributed by atoms with Gasteiger partial charge in [-0.1, -0.05) is 0 Å². The van der Waals surface area contributed by atoms with Crippen LogP contribution in [0.5, 0.6) is 0 Å². The van der Waals surface area contributed by atoms with Gasteiger partial charge >= 0.3 is 0 Å². The molecule has 0 bridgehead atoms. The highest BCUT2D eigenvalue weighted by Crippen LogP contribution is 2.50. The van der Waals surface area contributed by atoms with Gasteiger partial charge < -0.3 is 5.32 Å². The van der Waals surface area contributed by atoms with Crippen LogP contribution < -0.4 is 5.32 Å². The summed E-state index contributed by atoms with van der Waals surface area (Å²) in [5.41, 5.74) is 0.766. The van der Waals surface area contributed by atoms with Crippen LogP contribution in [0.1, 0.15) is 30.2 Å². The van der Waals surface area contributed by atoms with E-state index in [0.29, 0.717) is 11.5 Å². The van der Waals surface area contributed by atoms with Crippen molar-refractivity contribution in [1.82, 2.24) is 15.2 Å². The van der Waals surface area contributed by atoms with Crippen molar-refractivity contribution in [2.45, 2.75) is 32.2 Å². The van der Waals surface area contributed by atoms with E-state index in [4.69, 9.17) is 5.41 Å². The lowest BCUT2D eigenvalue weighted by Gasteiger charge is -2.45. The molecule has 2 aromatic rings. The molecule has 0 aromatic carbocycles. The minimum absolute atomic E-state index is 0.00740. The molecule has 5 nitrogen and oxygen atoms in total. The van der Waals surface area contributed by atoms with E-state index in [1.807, 2.05) is 19.1 Å². The molecule has 2 aromatic heterocycles. The third kappa shape index (κ3) is 2.61. The molecular formula is C19H21FN4OS. The highest BCUT2D eigenvalue weighted by molar-refractivity contribution is 7.15. The smallest absolute Gasteiger partial charge is 0.235 e. The maximum atomic E-state index is 13.5. The normalized spacial score (nSPS) is 26.2. The Balaban J connectivity index is 1.73. The molecule has 2 aliphatic rings. The molecule has 7 heteroatoms. The number of hydrogen-bond donors (Lipinski definition) is 2. The molecule has 136 valence electrons. The molecule has 4 rings (SSSR count). The summed E-state index contributed by atoms with van der Waals surface area (Å²) in [7, 11) is 1.65. The molecule has 3 heterocycles. The maximum Gasteiger partial charge on any atom is 0.235 e. The van der Waals surface area contributed by atoms with Gasteiger partial charge in [0.2, 0.25) is 11.9 Å². The molecule has 1 aliphatic heterocycles. The molecule has 1 aliphatic carbocycles. The largest absolute Gasteiger partial charge is 0.345 e. The topological polar surface area (TPSA) is 69.1 Å². The fraction of sp³-hybridized carbons (Fsp3) is 0.421. The van der Waals surface area contributed by atoms with Gasteiger partial charge in [-0.25, -0.2) is 4.98 Å². The van der Waals surface area contributed by atoms with Crippen LogP contribution in [0.15, 0.2) is 24.4 Å². The first-order valence-corrected chi connectivity index (χ1v) is 9.50. The number of amides is 1. The molecule has 1 saturated carbocycles. The van der Waals surface area contributed by atoms with Gasteiger partial charge in [0, 0.05) is 34.1 Å². The van der Waals surface area contributed by atoms with Crippen molar-refractivity contribution >= 4 is 23.2 Å². The quantitative estimate of drug-likeness (QED) is 0.811. The van der Waals surface area contributed by atoms with Crippen LogP contribution in [-0.4, -0.2) is 28.8 Å². The van der Waals surface area contributed by atoms with Crippen LogP contribution in [0.25, 0.3) is 10.4 Å². The second-order valence-electron chi connectivity index (χ2n) is 7.38. The molecule has 0 unspecified atom stereocenters. The average Bonchev–Trinajstić information content (AvgIpc) is 3.29. The van der Waals surface area contributed by atoms with Crippen LogP contribution in [-0.2, 0) is 10.3 Å². The standard InChI is InChI=1S/C19H21FN4OS/c1-10-8-12(9-22-16(10)20)13-6-7-14(26-13)19(2)15(11-4-5-11)17(25)24(3)18(21)23-19/h6-9,11,15H,4-5H2,1-3H3,(H2,21,23)/t15-,19-/m1/s1. The fourth-order valence-corrected chi connectivity index (χ4v) is 4.88. The Morgan fingerprint density at radius 2 is 2.15 bits per heavy atom. The number of nitrogens with zero attached hydrogens (tertiary/aromatic N) is 2. The molecule has 2 N–H and O–H groups in total. The van der Waals surface area contributed by atoms with Gasteiger partial charge in [0.1, 0.15) is 0 Å². The predicted octanol–water partition coefficient (Wildman–Crippen LogP) is 3.50. The number of thiophene rings is 1. The van der Waals surface area contributed by atoms with E-state index in [9.17, 15) is 9.18 Å². The van der Waals surface area contributed by atoms with E-state index >= 15 is 0 Å². The highest BCUT2D eigenvalue weighted by atomic mass is 32.1. The monoisotopic (exact) mass is 372 g/mol. The first kappa shape index (κ1) is 17.1. The maximum absolute atomic E-state index is 13.5. The molecule has 0 spiro atoms. The Hall–Kier alpha value is -2.28. The van der Waals surface area contributed by atoms with Gasteiger partial charge in [0.05, 0.1) is 11.5 Å². The number of rotatable bonds is 3. The van der Waals surface area contributed by atoms with E-state index in [1.165, 1.54) is 11.1 Å². The Labute approximate surface area is 155 Å². The van der Waals surface area contributed by atoms with Crippen LogP contribution in [0.3, 0.4) is 0 Å². The van der Waals surface area contributed by atoms with E-state index in [-0.39, 0.29) is 17.8 Å². The van der Waals surface area contributed by atoms with Crippen molar-refractivity contribution < 1.29 is 9.18 Å². The lowest BCUT2D eigenvalue weighted by Crippen LogP contribution is -2.64. The van der Waals surface area contributed by atoms with E-state index in [0.717, 1.165) is 28.2 Å². The first-order chi connectivity index (χ1) is 12.3. The summed E-state index contributed by atoms with van der Waals surface area (Å²) < 4.78 is 13.5. The summed E-state index contributed by atoms with van der Waals surface area (Å²) in [4.78, 5) is 20.1. The second kappa shape index (κ2) is 5.87. The summed E-state index contributed by atoms with van der Waals surface area (Å²) >= 11 is 1.57. The van der Waals surface area contributed by atoms with E-state index in [2.05, 4.69) is 10.3 Å². The van der Waals surface area contributed by atoms with Crippen molar-refractivity contribution in [2.24, 2.45) is 11.8 Å². The minimum Gasteiger partial charge on any atom is -0.345 e. The molecule has 26 heavy (non-hydrogen) atoms. The highest BCUT2D eigenvalue weighted by Gasteiger charge is 2.54. The van der Waals surface area contributed by atoms with Crippen LogP contribution in [0.4, 0.5) is 4.39 Å². The van der Waals surface area contributed by atoms with Crippen LogP contribution in [0.2, 0.25) is 0 Å². The molecule has 1 amide bonds. The number of hydrogen-bond acceptors (Lipinski definition) is 4. The van der Waals surface area contributed by atoms with Gasteiger partial charge in [0.25, 0.3) is 0 Å².